The van der Waals surface area contributed by atoms with Gasteiger partial charge in [0.15, 0.2) is 11.5 Å². The van der Waals surface area contributed by atoms with E-state index in [1.165, 1.54) is 21.3 Å². The maximum Gasteiger partial charge on any atom is 0.267 e. The summed E-state index contributed by atoms with van der Waals surface area (Å²) in [4.78, 5) is 28.8. The number of para-hydroxylation sites is 1. The van der Waals surface area contributed by atoms with Crippen LogP contribution in [0.15, 0.2) is 48.3 Å². The zero-order valence-electron chi connectivity index (χ0n) is 22.4. The molecular formula is C28H36N4O5. The Morgan fingerprint density at radius 2 is 1.65 bits per heavy atom. The number of aromatic nitrogens is 1. The molecule has 0 unspecified atom stereocenters. The van der Waals surface area contributed by atoms with E-state index in [-0.39, 0.29) is 17.2 Å². The minimum absolute atomic E-state index is 0.134. The molecule has 0 bridgehead atoms. The molecule has 3 aromatic rings. The van der Waals surface area contributed by atoms with Crippen LogP contribution < -0.4 is 24.8 Å². The van der Waals surface area contributed by atoms with Gasteiger partial charge in [-0.25, -0.2) is 0 Å². The third kappa shape index (κ3) is 6.42. The molecule has 0 spiro atoms. The van der Waals surface area contributed by atoms with E-state index in [2.05, 4.69) is 29.4 Å². The Morgan fingerprint density at radius 3 is 2.24 bits per heavy atom. The standard InChI is InChI=1S/C28H36N4O5/c1-7-32(8-2)14-13-29-28(34)22(15-20-18-31(3)23-12-10-9-11-21(20)23)30-27(33)19-16-24(35-4)26(37-6)25(17-19)36-5/h9-12,15-18H,7-8,13-14H2,1-6H3,(H,29,34)(H,30,33). The Kier molecular flexibility index (Phi) is 9.57. The first-order valence-corrected chi connectivity index (χ1v) is 12.2. The fraction of sp³-hybridized carbons (Fsp3) is 0.357. The van der Waals surface area contributed by atoms with E-state index in [1.807, 2.05) is 42.1 Å². The van der Waals surface area contributed by atoms with Crippen LogP contribution >= 0.6 is 0 Å². The van der Waals surface area contributed by atoms with E-state index >= 15 is 0 Å². The number of methoxy groups -OCH3 is 3. The van der Waals surface area contributed by atoms with Gasteiger partial charge in [-0.15, -0.1) is 0 Å². The molecule has 1 aromatic heterocycles. The van der Waals surface area contributed by atoms with Gasteiger partial charge < -0.3 is 34.3 Å². The van der Waals surface area contributed by atoms with Gasteiger partial charge in [0.25, 0.3) is 11.8 Å². The van der Waals surface area contributed by atoms with Gasteiger partial charge in [0, 0.05) is 48.4 Å². The summed E-state index contributed by atoms with van der Waals surface area (Å²) < 4.78 is 18.1. The molecule has 9 nitrogen and oxygen atoms in total. The smallest absolute Gasteiger partial charge is 0.267 e. The molecule has 0 fully saturated rings. The highest BCUT2D eigenvalue weighted by Crippen LogP contribution is 2.38. The van der Waals surface area contributed by atoms with E-state index in [1.54, 1.807) is 18.2 Å². The van der Waals surface area contributed by atoms with Crippen molar-refractivity contribution in [3.8, 4) is 17.2 Å². The van der Waals surface area contributed by atoms with Gasteiger partial charge in [0.1, 0.15) is 5.70 Å². The van der Waals surface area contributed by atoms with Gasteiger partial charge in [0.05, 0.1) is 21.3 Å². The number of ether oxygens (including phenoxy) is 3. The number of carbonyl (C=O) groups excluding carboxylic acids is 2. The second-order valence-corrected chi connectivity index (χ2v) is 8.42. The maximum atomic E-state index is 13.3. The van der Waals surface area contributed by atoms with Gasteiger partial charge in [-0.3, -0.25) is 9.59 Å². The topological polar surface area (TPSA) is 94.1 Å². The highest BCUT2D eigenvalue weighted by molar-refractivity contribution is 6.07. The zero-order valence-corrected chi connectivity index (χ0v) is 22.4. The molecule has 0 saturated heterocycles. The van der Waals surface area contributed by atoms with Crippen LogP contribution in [0.1, 0.15) is 29.8 Å². The fourth-order valence-corrected chi connectivity index (χ4v) is 4.17. The van der Waals surface area contributed by atoms with E-state index in [4.69, 9.17) is 14.2 Å². The van der Waals surface area contributed by atoms with Crippen LogP contribution in [0.4, 0.5) is 0 Å². The molecule has 1 heterocycles. The first-order chi connectivity index (χ1) is 17.9. The number of fused-ring (bicyclic) bond motifs is 1. The summed E-state index contributed by atoms with van der Waals surface area (Å²) in [7, 11) is 6.40. The molecular weight excluding hydrogens is 472 g/mol. The molecule has 9 heteroatoms. The van der Waals surface area contributed by atoms with E-state index in [0.717, 1.165) is 29.6 Å². The molecule has 0 saturated carbocycles. The molecule has 0 aliphatic carbocycles. The molecule has 37 heavy (non-hydrogen) atoms. The lowest BCUT2D eigenvalue weighted by Gasteiger charge is -2.18. The molecule has 2 N–H and O–H groups in total. The molecule has 0 atom stereocenters. The number of likely N-dealkylation sites (N-methyl/N-ethyl adjacent to an activating group) is 1. The number of nitrogens with one attached hydrogen (secondary N) is 2. The molecule has 3 rings (SSSR count). The SMILES string of the molecule is CCN(CC)CCNC(=O)C(=Cc1cn(C)c2ccccc12)NC(=O)c1cc(OC)c(OC)c(OC)c1. The normalized spacial score (nSPS) is 11.5. The second kappa shape index (κ2) is 12.8. The molecule has 0 radical (unpaired) electrons. The fourth-order valence-electron chi connectivity index (χ4n) is 4.17. The number of hydrogen-bond acceptors (Lipinski definition) is 6. The van der Waals surface area contributed by atoms with Gasteiger partial charge in [-0.2, -0.15) is 0 Å². The average molecular weight is 509 g/mol. The van der Waals surface area contributed by atoms with Crippen molar-refractivity contribution in [2.45, 2.75) is 13.8 Å². The molecule has 0 aliphatic rings. The van der Waals surface area contributed by atoms with Crippen LogP contribution in [0, 0.1) is 0 Å². The van der Waals surface area contributed by atoms with Gasteiger partial charge >= 0.3 is 0 Å². The summed E-state index contributed by atoms with van der Waals surface area (Å²) in [5.74, 6) is 0.207. The quantitative estimate of drug-likeness (QED) is 0.364. The summed E-state index contributed by atoms with van der Waals surface area (Å²) >= 11 is 0. The highest BCUT2D eigenvalue weighted by atomic mass is 16.5. The van der Waals surface area contributed by atoms with Gasteiger partial charge in [-0.1, -0.05) is 32.0 Å². The Morgan fingerprint density at radius 1 is 1.00 bits per heavy atom. The number of amides is 2. The number of carbonyl (C=O) groups is 2. The largest absolute Gasteiger partial charge is 0.493 e. The van der Waals surface area contributed by atoms with Crippen molar-refractivity contribution < 1.29 is 23.8 Å². The lowest BCUT2D eigenvalue weighted by molar-refractivity contribution is -0.117. The van der Waals surface area contributed by atoms with Crippen molar-refractivity contribution in [1.29, 1.82) is 0 Å². The maximum absolute atomic E-state index is 13.3. The summed E-state index contributed by atoms with van der Waals surface area (Å²) in [5, 5.41) is 6.71. The summed E-state index contributed by atoms with van der Waals surface area (Å²) in [6.45, 7) is 7.10. The number of aryl methyl sites for hydroxylation is 1. The first kappa shape index (κ1) is 27.6. The molecule has 198 valence electrons. The van der Waals surface area contributed by atoms with Crippen LogP contribution in [0.5, 0.6) is 17.2 Å². The number of hydrogen-bond donors (Lipinski definition) is 2. The number of rotatable bonds is 12. The van der Waals surface area contributed by atoms with E-state index in [9.17, 15) is 9.59 Å². The summed E-state index contributed by atoms with van der Waals surface area (Å²) in [5.41, 5.74) is 2.23. The summed E-state index contributed by atoms with van der Waals surface area (Å²) in [6, 6.07) is 11.0. The van der Waals surface area contributed by atoms with Crippen LogP contribution in [0.2, 0.25) is 0 Å². The van der Waals surface area contributed by atoms with Crippen molar-refractivity contribution in [2.75, 3.05) is 47.5 Å². The minimum Gasteiger partial charge on any atom is -0.493 e. The Balaban J connectivity index is 1.96. The molecule has 2 aromatic carbocycles. The van der Waals surface area contributed by atoms with Crippen molar-refractivity contribution in [2.24, 2.45) is 7.05 Å². The first-order valence-electron chi connectivity index (χ1n) is 12.2. The number of nitrogens with zero attached hydrogens (tertiary/aromatic N) is 2. The lowest BCUT2D eigenvalue weighted by Crippen LogP contribution is -2.39. The average Bonchev–Trinajstić information content (AvgIpc) is 3.24. The monoisotopic (exact) mass is 508 g/mol. The predicted molar refractivity (Wildman–Crippen MR) is 145 cm³/mol. The predicted octanol–water partition coefficient (Wildman–Crippen LogP) is 3.43. The lowest BCUT2D eigenvalue weighted by atomic mass is 10.1. The van der Waals surface area contributed by atoms with Crippen LogP contribution in [0.3, 0.4) is 0 Å². The van der Waals surface area contributed by atoms with E-state index < -0.39 is 5.91 Å². The van der Waals surface area contributed by atoms with E-state index in [0.29, 0.717) is 30.3 Å². The van der Waals surface area contributed by atoms with Crippen molar-refractivity contribution >= 4 is 28.8 Å². The van der Waals surface area contributed by atoms with Crippen LogP contribution in [-0.4, -0.2) is 68.8 Å². The Labute approximate surface area is 218 Å². The van der Waals surface area contributed by atoms with Crippen molar-refractivity contribution in [3.63, 3.8) is 0 Å². The Hall–Kier alpha value is -3.98. The van der Waals surface area contributed by atoms with Crippen molar-refractivity contribution in [3.05, 3.63) is 59.4 Å². The molecule has 2 amide bonds. The summed E-state index contributed by atoms with van der Waals surface area (Å²) in [6.07, 6.45) is 3.63. The highest BCUT2D eigenvalue weighted by Gasteiger charge is 2.20. The zero-order chi connectivity index (χ0) is 26.9. The second-order valence-electron chi connectivity index (χ2n) is 8.42. The minimum atomic E-state index is -0.482. The Bertz CT molecular complexity index is 1250. The molecule has 0 aliphatic heterocycles. The van der Waals surface area contributed by atoms with Gasteiger partial charge in [-0.05, 0) is 37.4 Å². The van der Waals surface area contributed by atoms with Crippen LogP contribution in [-0.2, 0) is 11.8 Å². The van der Waals surface area contributed by atoms with Crippen molar-refractivity contribution in [1.82, 2.24) is 20.1 Å². The van der Waals surface area contributed by atoms with Gasteiger partial charge in [0.2, 0.25) is 5.75 Å². The third-order valence-corrected chi connectivity index (χ3v) is 6.26. The number of benzene rings is 2. The third-order valence-electron chi connectivity index (χ3n) is 6.26. The van der Waals surface area contributed by atoms with Crippen LogP contribution in [0.25, 0.3) is 17.0 Å².